The van der Waals surface area contributed by atoms with E-state index in [1.165, 1.54) is 11.6 Å². The first-order valence-electron chi connectivity index (χ1n) is 8.96. The van der Waals surface area contributed by atoms with E-state index < -0.39 is 0 Å². The predicted octanol–water partition coefficient (Wildman–Crippen LogP) is 3.60. The lowest BCUT2D eigenvalue weighted by molar-refractivity contribution is -0.122. The van der Waals surface area contributed by atoms with Crippen molar-refractivity contribution in [3.05, 3.63) is 65.0 Å². The second kappa shape index (κ2) is 8.32. The number of halogens is 1. The molecule has 0 aliphatic carbocycles. The van der Waals surface area contributed by atoms with Crippen LogP contribution in [0.2, 0.25) is 0 Å². The molecule has 0 spiro atoms. The van der Waals surface area contributed by atoms with E-state index in [2.05, 4.69) is 22.3 Å². The topological polar surface area (TPSA) is 41.6 Å². The number of aryl methyl sites for hydroxylation is 1. The summed E-state index contributed by atoms with van der Waals surface area (Å²) >= 11 is 0. The molecular weight excluding hydrogens is 331 g/mol. The van der Waals surface area contributed by atoms with Gasteiger partial charge in [-0.15, -0.1) is 0 Å². The van der Waals surface area contributed by atoms with E-state index in [1.807, 2.05) is 18.2 Å². The van der Waals surface area contributed by atoms with Crippen LogP contribution in [0.5, 0.6) is 5.75 Å². The normalized spacial score (nSPS) is 17.3. The first kappa shape index (κ1) is 18.4. The van der Waals surface area contributed by atoms with E-state index in [0.29, 0.717) is 18.7 Å². The number of carbonyl (C=O) groups excluding carboxylic acids is 1. The molecule has 5 heteroatoms. The number of nitrogens with zero attached hydrogens (tertiary/aromatic N) is 1. The minimum Gasteiger partial charge on any atom is -0.497 e. The summed E-state index contributed by atoms with van der Waals surface area (Å²) in [4.78, 5) is 14.5. The Labute approximate surface area is 154 Å². The summed E-state index contributed by atoms with van der Waals surface area (Å²) in [6.45, 7) is 3.33. The molecule has 26 heavy (non-hydrogen) atoms. The van der Waals surface area contributed by atoms with Crippen molar-refractivity contribution in [3.63, 3.8) is 0 Å². The van der Waals surface area contributed by atoms with Crippen LogP contribution >= 0.6 is 0 Å². The van der Waals surface area contributed by atoms with Crippen molar-refractivity contribution < 1.29 is 13.9 Å². The fourth-order valence-electron chi connectivity index (χ4n) is 3.41. The number of hydrogen-bond acceptors (Lipinski definition) is 3. The molecule has 0 aromatic heterocycles. The number of amides is 1. The van der Waals surface area contributed by atoms with Gasteiger partial charge in [-0.3, -0.25) is 9.69 Å². The Balaban J connectivity index is 1.56. The Hall–Kier alpha value is -2.40. The van der Waals surface area contributed by atoms with Gasteiger partial charge in [0, 0.05) is 12.6 Å². The van der Waals surface area contributed by atoms with Gasteiger partial charge in [-0.1, -0.05) is 24.3 Å². The molecule has 4 nitrogen and oxygen atoms in total. The maximum absolute atomic E-state index is 13.6. The molecule has 1 aliphatic heterocycles. The molecule has 1 amide bonds. The molecule has 0 saturated carbocycles. The lowest BCUT2D eigenvalue weighted by Gasteiger charge is -2.24. The fraction of sp³-hybridized carbons (Fsp3) is 0.381. The summed E-state index contributed by atoms with van der Waals surface area (Å²) in [5.41, 5.74) is 2.59. The third kappa shape index (κ3) is 4.41. The highest BCUT2D eigenvalue weighted by molar-refractivity contribution is 5.78. The highest BCUT2D eigenvalue weighted by Gasteiger charge is 2.27. The molecule has 138 valence electrons. The summed E-state index contributed by atoms with van der Waals surface area (Å²) < 4.78 is 18.8. The van der Waals surface area contributed by atoms with E-state index in [0.717, 1.165) is 30.7 Å². The van der Waals surface area contributed by atoms with Crippen molar-refractivity contribution in [2.24, 2.45) is 0 Å². The van der Waals surface area contributed by atoms with Gasteiger partial charge in [0.1, 0.15) is 11.6 Å². The van der Waals surface area contributed by atoms with E-state index in [-0.39, 0.29) is 17.8 Å². The quantitative estimate of drug-likeness (QED) is 0.860. The van der Waals surface area contributed by atoms with E-state index in [4.69, 9.17) is 4.74 Å². The van der Waals surface area contributed by atoms with Crippen LogP contribution < -0.4 is 10.1 Å². The Morgan fingerprint density at radius 1 is 1.27 bits per heavy atom. The number of rotatable bonds is 6. The van der Waals surface area contributed by atoms with E-state index >= 15 is 0 Å². The first-order valence-corrected chi connectivity index (χ1v) is 8.96. The highest BCUT2D eigenvalue weighted by Crippen LogP contribution is 2.32. The third-order valence-corrected chi connectivity index (χ3v) is 4.94. The largest absolute Gasteiger partial charge is 0.497 e. The highest BCUT2D eigenvalue weighted by atomic mass is 19.1. The molecule has 2 aromatic rings. The third-order valence-electron chi connectivity index (χ3n) is 4.94. The monoisotopic (exact) mass is 356 g/mol. The summed E-state index contributed by atoms with van der Waals surface area (Å²) in [7, 11) is 1.65. The summed E-state index contributed by atoms with van der Waals surface area (Å²) in [6.07, 6.45) is 2.12. The number of carbonyl (C=O) groups is 1. The second-order valence-corrected chi connectivity index (χ2v) is 6.76. The van der Waals surface area contributed by atoms with Crippen LogP contribution in [-0.2, 0) is 11.3 Å². The van der Waals surface area contributed by atoms with Gasteiger partial charge in [0.05, 0.1) is 13.7 Å². The van der Waals surface area contributed by atoms with Crippen molar-refractivity contribution in [2.75, 3.05) is 20.2 Å². The van der Waals surface area contributed by atoms with Crippen LogP contribution in [0.4, 0.5) is 4.39 Å². The van der Waals surface area contributed by atoms with Gasteiger partial charge >= 0.3 is 0 Å². The number of benzene rings is 2. The van der Waals surface area contributed by atoms with E-state index in [9.17, 15) is 9.18 Å². The molecule has 0 unspecified atom stereocenters. The average molecular weight is 356 g/mol. The average Bonchev–Trinajstić information content (AvgIpc) is 3.11. The number of methoxy groups -OCH3 is 1. The van der Waals surface area contributed by atoms with Gasteiger partial charge in [-0.05, 0) is 61.2 Å². The molecule has 1 fully saturated rings. The summed E-state index contributed by atoms with van der Waals surface area (Å²) in [5.74, 6) is 0.559. The van der Waals surface area contributed by atoms with Crippen molar-refractivity contribution in [1.29, 1.82) is 0 Å². The minimum absolute atomic E-state index is 0.0357. The van der Waals surface area contributed by atoms with Crippen molar-refractivity contribution in [3.8, 4) is 5.75 Å². The lowest BCUT2D eigenvalue weighted by atomic mass is 10.0. The standard InChI is InChI=1S/C21H25FN2O2/c1-15-5-6-16(12-19(15)22)13-23-21(25)14-24-11-3-4-20(24)17-7-9-18(26-2)10-8-17/h5-10,12,20H,3-4,11,13-14H2,1-2H3,(H,23,25)/t20-/m1/s1. The van der Waals surface area contributed by atoms with Crippen molar-refractivity contribution >= 4 is 5.91 Å². The van der Waals surface area contributed by atoms with Gasteiger partial charge in [0.25, 0.3) is 0 Å². The molecule has 0 bridgehead atoms. The Morgan fingerprint density at radius 2 is 2.04 bits per heavy atom. The Kier molecular flexibility index (Phi) is 5.89. The molecule has 2 aromatic carbocycles. The zero-order valence-corrected chi connectivity index (χ0v) is 15.3. The van der Waals surface area contributed by atoms with Crippen LogP contribution in [-0.4, -0.2) is 31.0 Å². The SMILES string of the molecule is COc1ccc([C@H]2CCCN2CC(=O)NCc2ccc(C)c(F)c2)cc1. The van der Waals surface area contributed by atoms with Gasteiger partial charge in [0.2, 0.25) is 5.91 Å². The van der Waals surface area contributed by atoms with Crippen LogP contribution in [0, 0.1) is 12.7 Å². The van der Waals surface area contributed by atoms with Gasteiger partial charge in [-0.25, -0.2) is 4.39 Å². The predicted molar refractivity (Wildman–Crippen MR) is 99.5 cm³/mol. The Bertz CT molecular complexity index is 761. The lowest BCUT2D eigenvalue weighted by Crippen LogP contribution is -2.36. The number of hydrogen-bond donors (Lipinski definition) is 1. The molecule has 3 rings (SSSR count). The van der Waals surface area contributed by atoms with Crippen LogP contribution in [0.15, 0.2) is 42.5 Å². The zero-order chi connectivity index (χ0) is 18.5. The Morgan fingerprint density at radius 3 is 2.73 bits per heavy atom. The van der Waals surface area contributed by atoms with Crippen LogP contribution in [0.25, 0.3) is 0 Å². The number of likely N-dealkylation sites (tertiary alicyclic amines) is 1. The van der Waals surface area contributed by atoms with Gasteiger partial charge in [-0.2, -0.15) is 0 Å². The van der Waals surface area contributed by atoms with E-state index in [1.54, 1.807) is 20.1 Å². The maximum Gasteiger partial charge on any atom is 0.234 e. The molecule has 1 heterocycles. The summed E-state index contributed by atoms with van der Waals surface area (Å²) in [5, 5.41) is 2.90. The van der Waals surface area contributed by atoms with Crippen molar-refractivity contribution in [1.82, 2.24) is 10.2 Å². The molecule has 1 saturated heterocycles. The first-order chi connectivity index (χ1) is 12.6. The number of ether oxygens (including phenoxy) is 1. The maximum atomic E-state index is 13.6. The van der Waals surface area contributed by atoms with Crippen LogP contribution in [0.1, 0.15) is 35.6 Å². The smallest absolute Gasteiger partial charge is 0.234 e. The molecule has 1 N–H and O–H groups in total. The minimum atomic E-state index is -0.240. The summed E-state index contributed by atoms with van der Waals surface area (Å²) in [6, 6.07) is 13.3. The molecule has 1 aliphatic rings. The van der Waals surface area contributed by atoms with Gasteiger partial charge < -0.3 is 10.1 Å². The number of nitrogens with one attached hydrogen (secondary N) is 1. The van der Waals surface area contributed by atoms with Crippen LogP contribution in [0.3, 0.4) is 0 Å². The molecule has 0 radical (unpaired) electrons. The molecule has 1 atom stereocenters. The van der Waals surface area contributed by atoms with Crippen molar-refractivity contribution in [2.45, 2.75) is 32.4 Å². The molecular formula is C21H25FN2O2. The second-order valence-electron chi connectivity index (χ2n) is 6.76. The zero-order valence-electron chi connectivity index (χ0n) is 15.3. The van der Waals surface area contributed by atoms with Gasteiger partial charge in [0.15, 0.2) is 0 Å². The fourth-order valence-corrected chi connectivity index (χ4v) is 3.41.